The van der Waals surface area contributed by atoms with Crippen molar-refractivity contribution < 1.29 is 19.6 Å². The van der Waals surface area contributed by atoms with E-state index in [2.05, 4.69) is 0 Å². The van der Waals surface area contributed by atoms with Crippen LogP contribution in [0.15, 0.2) is 47.4 Å². The molecule has 21 heavy (non-hydrogen) atoms. The largest absolute Gasteiger partial charge is 0.478 e. The van der Waals surface area contributed by atoms with Crippen molar-refractivity contribution in [3.8, 4) is 11.5 Å². The molecule has 0 fully saturated rings. The van der Waals surface area contributed by atoms with Gasteiger partial charge in [-0.3, -0.25) is 10.1 Å². The standard InChI is InChI=1S/C14H11NO5S/c1-21-13-5-3-2-4-12(13)20-11-7-6-9(14(16)17)8-10(11)15(18)19/h2-8H,1H3,(H,16,17). The Morgan fingerprint density at radius 3 is 2.57 bits per heavy atom. The fourth-order valence-electron chi connectivity index (χ4n) is 1.70. The monoisotopic (exact) mass is 305 g/mol. The summed E-state index contributed by atoms with van der Waals surface area (Å²) >= 11 is 1.45. The minimum absolute atomic E-state index is 0.00602. The van der Waals surface area contributed by atoms with E-state index >= 15 is 0 Å². The van der Waals surface area contributed by atoms with Gasteiger partial charge in [-0.15, -0.1) is 11.8 Å². The number of aromatic carboxylic acids is 1. The molecule has 108 valence electrons. The summed E-state index contributed by atoms with van der Waals surface area (Å²) in [7, 11) is 0. The maximum atomic E-state index is 11.1. The van der Waals surface area contributed by atoms with Gasteiger partial charge < -0.3 is 9.84 Å². The number of ether oxygens (including phenoxy) is 1. The molecule has 2 aromatic rings. The lowest BCUT2D eigenvalue weighted by molar-refractivity contribution is -0.385. The number of para-hydroxylation sites is 1. The van der Waals surface area contributed by atoms with E-state index in [1.165, 1.54) is 23.9 Å². The number of carboxylic acids is 1. The van der Waals surface area contributed by atoms with Gasteiger partial charge in [0.25, 0.3) is 0 Å². The lowest BCUT2D eigenvalue weighted by Crippen LogP contribution is -2.00. The number of rotatable bonds is 5. The second-order valence-electron chi connectivity index (χ2n) is 4.00. The van der Waals surface area contributed by atoms with Gasteiger partial charge in [-0.1, -0.05) is 12.1 Å². The summed E-state index contributed by atoms with van der Waals surface area (Å²) in [6.07, 6.45) is 1.87. The van der Waals surface area contributed by atoms with Crippen molar-refractivity contribution in [3.05, 3.63) is 58.1 Å². The third-order valence-electron chi connectivity index (χ3n) is 2.69. The van der Waals surface area contributed by atoms with Crippen molar-refractivity contribution in [3.63, 3.8) is 0 Å². The maximum absolute atomic E-state index is 11.1. The first kappa shape index (κ1) is 14.9. The van der Waals surface area contributed by atoms with Gasteiger partial charge in [-0.05, 0) is 30.5 Å². The van der Waals surface area contributed by atoms with Crippen LogP contribution in [0.1, 0.15) is 10.4 Å². The number of carboxylic acid groups (broad SMARTS) is 1. The van der Waals surface area contributed by atoms with Gasteiger partial charge in [0.05, 0.1) is 10.5 Å². The smallest absolute Gasteiger partial charge is 0.335 e. The summed E-state index contributed by atoms with van der Waals surface area (Å²) < 4.78 is 5.57. The minimum atomic E-state index is -1.23. The van der Waals surface area contributed by atoms with Crippen molar-refractivity contribution in [1.82, 2.24) is 0 Å². The zero-order chi connectivity index (χ0) is 15.4. The highest BCUT2D eigenvalue weighted by molar-refractivity contribution is 7.98. The first-order valence-corrected chi connectivity index (χ1v) is 7.08. The number of nitrogens with zero attached hydrogens (tertiary/aromatic N) is 1. The van der Waals surface area contributed by atoms with Crippen LogP contribution < -0.4 is 4.74 Å². The van der Waals surface area contributed by atoms with Crippen molar-refractivity contribution in [2.24, 2.45) is 0 Å². The summed E-state index contributed by atoms with van der Waals surface area (Å²) in [5.41, 5.74) is -0.544. The van der Waals surface area contributed by atoms with E-state index in [4.69, 9.17) is 9.84 Å². The summed E-state index contributed by atoms with van der Waals surface area (Å²) in [6.45, 7) is 0. The highest BCUT2D eigenvalue weighted by Gasteiger charge is 2.19. The Morgan fingerprint density at radius 1 is 1.24 bits per heavy atom. The zero-order valence-corrected chi connectivity index (χ0v) is 11.8. The Balaban J connectivity index is 2.44. The number of thioether (sulfide) groups is 1. The molecular weight excluding hydrogens is 294 g/mol. The normalized spacial score (nSPS) is 10.1. The molecule has 6 nitrogen and oxygen atoms in total. The first-order valence-electron chi connectivity index (χ1n) is 5.85. The molecule has 0 amide bonds. The average Bonchev–Trinajstić information content (AvgIpc) is 2.47. The first-order chi connectivity index (χ1) is 10.0. The Kier molecular flexibility index (Phi) is 4.44. The van der Waals surface area contributed by atoms with Gasteiger partial charge in [-0.25, -0.2) is 4.79 Å². The Bertz CT molecular complexity index is 702. The predicted octanol–water partition coefficient (Wildman–Crippen LogP) is 3.81. The molecule has 0 atom stereocenters. The topological polar surface area (TPSA) is 89.7 Å². The molecular formula is C14H11NO5S. The van der Waals surface area contributed by atoms with Crippen LogP contribution in [-0.4, -0.2) is 22.3 Å². The van der Waals surface area contributed by atoms with Gasteiger partial charge in [0.15, 0.2) is 0 Å². The predicted molar refractivity (Wildman–Crippen MR) is 78.4 cm³/mol. The molecule has 2 aromatic carbocycles. The molecule has 0 unspecified atom stereocenters. The number of hydrogen-bond donors (Lipinski definition) is 1. The van der Waals surface area contributed by atoms with Crippen molar-refractivity contribution in [2.75, 3.05) is 6.26 Å². The van der Waals surface area contributed by atoms with E-state index in [1.807, 2.05) is 18.4 Å². The zero-order valence-electron chi connectivity index (χ0n) is 11.0. The number of benzene rings is 2. The van der Waals surface area contributed by atoms with Crippen molar-refractivity contribution >= 4 is 23.4 Å². The third kappa shape index (κ3) is 3.32. The summed E-state index contributed by atoms with van der Waals surface area (Å²) in [4.78, 5) is 22.1. The van der Waals surface area contributed by atoms with Crippen LogP contribution in [-0.2, 0) is 0 Å². The molecule has 0 aromatic heterocycles. The molecule has 0 saturated carbocycles. The van der Waals surface area contributed by atoms with Crippen LogP contribution in [0, 0.1) is 10.1 Å². The molecule has 0 spiro atoms. The Labute approximate surface area is 124 Å². The van der Waals surface area contributed by atoms with Gasteiger partial charge >= 0.3 is 11.7 Å². The number of hydrogen-bond acceptors (Lipinski definition) is 5. The average molecular weight is 305 g/mol. The van der Waals surface area contributed by atoms with E-state index in [9.17, 15) is 14.9 Å². The van der Waals surface area contributed by atoms with Gasteiger partial charge in [0.2, 0.25) is 5.75 Å². The van der Waals surface area contributed by atoms with Gasteiger partial charge in [-0.2, -0.15) is 0 Å². The fraction of sp³-hybridized carbons (Fsp3) is 0.0714. The molecule has 2 rings (SSSR count). The molecule has 7 heteroatoms. The molecule has 0 aliphatic heterocycles. The molecule has 0 saturated heterocycles. The van der Waals surface area contributed by atoms with Crippen LogP contribution in [0.3, 0.4) is 0 Å². The second kappa shape index (κ2) is 6.27. The molecule has 0 heterocycles. The Hall–Kier alpha value is -2.54. The molecule has 0 radical (unpaired) electrons. The van der Waals surface area contributed by atoms with Crippen molar-refractivity contribution in [1.29, 1.82) is 0 Å². The van der Waals surface area contributed by atoms with E-state index < -0.39 is 10.9 Å². The van der Waals surface area contributed by atoms with E-state index in [0.29, 0.717) is 5.75 Å². The maximum Gasteiger partial charge on any atom is 0.335 e. The lowest BCUT2D eigenvalue weighted by Gasteiger charge is -2.10. The summed E-state index contributed by atoms with van der Waals surface area (Å²) in [5, 5.41) is 20.0. The van der Waals surface area contributed by atoms with Crippen LogP contribution >= 0.6 is 11.8 Å². The van der Waals surface area contributed by atoms with E-state index in [0.717, 1.165) is 11.0 Å². The molecule has 1 N–H and O–H groups in total. The molecule has 0 bridgehead atoms. The van der Waals surface area contributed by atoms with Crippen molar-refractivity contribution in [2.45, 2.75) is 4.90 Å². The van der Waals surface area contributed by atoms with Gasteiger partial charge in [0.1, 0.15) is 5.75 Å². The third-order valence-corrected chi connectivity index (χ3v) is 3.47. The number of nitro groups is 1. The summed E-state index contributed by atoms with van der Waals surface area (Å²) in [6, 6.07) is 10.7. The van der Waals surface area contributed by atoms with Crippen LogP contribution in [0.5, 0.6) is 11.5 Å². The number of nitro benzene ring substituents is 1. The van der Waals surface area contributed by atoms with Crippen LogP contribution in [0.25, 0.3) is 0 Å². The second-order valence-corrected chi connectivity index (χ2v) is 4.85. The highest BCUT2D eigenvalue weighted by Crippen LogP contribution is 2.36. The fourth-order valence-corrected chi connectivity index (χ4v) is 2.23. The summed E-state index contributed by atoms with van der Waals surface area (Å²) in [5.74, 6) is -0.739. The SMILES string of the molecule is CSc1ccccc1Oc1ccc(C(=O)O)cc1[N+](=O)[O-]. The van der Waals surface area contributed by atoms with E-state index in [-0.39, 0.29) is 17.0 Å². The van der Waals surface area contributed by atoms with Crippen LogP contribution in [0.2, 0.25) is 0 Å². The number of carbonyl (C=O) groups is 1. The molecule has 0 aliphatic rings. The van der Waals surface area contributed by atoms with Gasteiger partial charge in [0, 0.05) is 11.0 Å². The molecule has 0 aliphatic carbocycles. The Morgan fingerprint density at radius 2 is 1.95 bits per heavy atom. The van der Waals surface area contributed by atoms with Crippen LogP contribution in [0.4, 0.5) is 5.69 Å². The van der Waals surface area contributed by atoms with E-state index in [1.54, 1.807) is 12.1 Å². The lowest BCUT2D eigenvalue weighted by atomic mass is 10.2. The highest BCUT2D eigenvalue weighted by atomic mass is 32.2. The quantitative estimate of drug-likeness (QED) is 0.513. The minimum Gasteiger partial charge on any atom is -0.478 e.